The predicted octanol–water partition coefficient (Wildman–Crippen LogP) is 12.1. The number of nitrogens with one attached hydrogen (secondary N) is 2. The number of aromatic hydroxyl groups is 1. The first-order valence-electron chi connectivity index (χ1n) is 21.1. The molecule has 3 aliphatic rings. The summed E-state index contributed by atoms with van der Waals surface area (Å²) in [5.41, 5.74) is 14.5. The van der Waals surface area contributed by atoms with Gasteiger partial charge in [-0.05, 0) is 105 Å². The van der Waals surface area contributed by atoms with Crippen LogP contribution in [0.5, 0.6) is 5.75 Å². The van der Waals surface area contributed by atoms with Crippen LogP contribution in [0.4, 0.5) is 11.4 Å². The highest BCUT2D eigenvalue weighted by Crippen LogP contribution is 2.48. The Labute approximate surface area is 330 Å². The number of H-pyrrole nitrogens is 1. The molecule has 7 rings (SSSR count). The summed E-state index contributed by atoms with van der Waals surface area (Å²) in [6.45, 7) is 17.0. The Morgan fingerprint density at radius 2 is 1.60 bits per heavy atom. The van der Waals surface area contributed by atoms with Gasteiger partial charge in [-0.1, -0.05) is 95.5 Å². The molecule has 0 saturated carbocycles. The minimum atomic E-state index is -0.0730. The van der Waals surface area contributed by atoms with Crippen molar-refractivity contribution < 1.29 is 9.68 Å². The molecule has 4 aromatic rings. The van der Waals surface area contributed by atoms with E-state index in [0.717, 1.165) is 56.2 Å². The number of rotatable bonds is 15. The highest BCUT2D eigenvalue weighted by Gasteiger charge is 2.44. The summed E-state index contributed by atoms with van der Waals surface area (Å²) < 4.78 is 2.60. The molecule has 0 unspecified atom stereocenters. The molecule has 0 bridgehead atoms. The number of unbranched alkanes of at least 4 members (excludes halogenated alkanes) is 4. The third-order valence-electron chi connectivity index (χ3n) is 12.4. The van der Waals surface area contributed by atoms with E-state index in [9.17, 15) is 5.11 Å². The fourth-order valence-corrected chi connectivity index (χ4v) is 9.34. The molecule has 55 heavy (non-hydrogen) atoms. The van der Waals surface area contributed by atoms with Crippen molar-refractivity contribution in [2.75, 3.05) is 24.5 Å². The van der Waals surface area contributed by atoms with Gasteiger partial charge in [0.15, 0.2) is 5.71 Å². The molecule has 1 aliphatic carbocycles. The van der Waals surface area contributed by atoms with Gasteiger partial charge in [0.1, 0.15) is 12.3 Å². The van der Waals surface area contributed by atoms with Gasteiger partial charge >= 0.3 is 0 Å². The summed E-state index contributed by atoms with van der Waals surface area (Å²) >= 11 is 0. The van der Waals surface area contributed by atoms with Crippen LogP contribution in [0, 0.1) is 0 Å². The van der Waals surface area contributed by atoms with Crippen molar-refractivity contribution >= 4 is 28.0 Å². The summed E-state index contributed by atoms with van der Waals surface area (Å²) in [5, 5.41) is 15.3. The van der Waals surface area contributed by atoms with Gasteiger partial charge in [-0.2, -0.15) is 4.58 Å². The molecule has 0 amide bonds. The van der Waals surface area contributed by atoms with Crippen LogP contribution in [0.1, 0.15) is 116 Å². The zero-order valence-corrected chi connectivity index (χ0v) is 34.3. The van der Waals surface area contributed by atoms with Crippen molar-refractivity contribution in [2.24, 2.45) is 0 Å². The van der Waals surface area contributed by atoms with E-state index in [4.69, 9.17) is 0 Å². The van der Waals surface area contributed by atoms with E-state index in [0.29, 0.717) is 5.75 Å². The van der Waals surface area contributed by atoms with Crippen molar-refractivity contribution in [3.05, 3.63) is 136 Å². The standard InChI is InChI=1S/C50H62N4O/c1-7-9-15-32-53-44-22-13-11-20-41(44)49(3,4)46(53)28-24-36-18-17-19-37(48(36)51-31-30-38-35-52-43-27-26-39(55)34-40(38)43)25-29-47-50(5,6)42-21-12-14-23-45(42)54(47)33-16-10-8-2/h11-14,20-29,34-35,52,55H,7-10,15-19,30-33H2,1-6H3/p+1/b36-24+,46-28+. The van der Waals surface area contributed by atoms with Crippen LogP contribution in [0.25, 0.3) is 10.9 Å². The fourth-order valence-electron chi connectivity index (χ4n) is 9.34. The Morgan fingerprint density at radius 1 is 0.836 bits per heavy atom. The molecular formula is C50H63N4O+. The number of anilines is 1. The molecule has 3 N–H and O–H groups in total. The Bertz CT molecular complexity index is 2170. The molecule has 0 radical (unpaired) electrons. The topological polar surface area (TPSA) is 54.3 Å². The summed E-state index contributed by atoms with van der Waals surface area (Å²) in [5.74, 6) is 0.306. The second-order valence-corrected chi connectivity index (χ2v) is 16.9. The van der Waals surface area contributed by atoms with Gasteiger partial charge in [-0.15, -0.1) is 0 Å². The average molecular weight is 736 g/mol. The van der Waals surface area contributed by atoms with E-state index in [-0.39, 0.29) is 10.8 Å². The van der Waals surface area contributed by atoms with Crippen LogP contribution < -0.4 is 10.2 Å². The van der Waals surface area contributed by atoms with Crippen LogP contribution in [-0.4, -0.2) is 40.0 Å². The van der Waals surface area contributed by atoms with Gasteiger partial charge in [0, 0.05) is 76.8 Å². The first kappa shape index (κ1) is 38.5. The van der Waals surface area contributed by atoms with Crippen molar-refractivity contribution in [1.29, 1.82) is 0 Å². The molecule has 5 nitrogen and oxygen atoms in total. The zero-order chi connectivity index (χ0) is 38.6. The lowest BCUT2D eigenvalue weighted by atomic mass is 9.81. The fraction of sp³-hybridized carbons (Fsp3) is 0.420. The number of para-hydroxylation sites is 2. The lowest BCUT2D eigenvalue weighted by Gasteiger charge is -2.28. The van der Waals surface area contributed by atoms with Crippen molar-refractivity contribution in [3.63, 3.8) is 0 Å². The summed E-state index contributed by atoms with van der Waals surface area (Å²) in [7, 11) is 0. The van der Waals surface area contributed by atoms with Crippen molar-refractivity contribution in [2.45, 2.75) is 117 Å². The highest BCUT2D eigenvalue weighted by molar-refractivity contribution is 6.03. The molecule has 3 heterocycles. The number of nitrogens with zero attached hydrogens (tertiary/aromatic N) is 2. The van der Waals surface area contributed by atoms with Gasteiger partial charge in [-0.25, -0.2) is 0 Å². The summed E-state index contributed by atoms with van der Waals surface area (Å²) in [6.07, 6.45) is 23.2. The Morgan fingerprint density at radius 3 is 2.42 bits per heavy atom. The number of aromatic amines is 1. The first-order valence-corrected chi connectivity index (χ1v) is 21.1. The minimum Gasteiger partial charge on any atom is -0.508 e. The predicted molar refractivity (Wildman–Crippen MR) is 233 cm³/mol. The molecule has 0 saturated heterocycles. The maximum atomic E-state index is 10.2. The number of phenols is 1. The Hall–Kier alpha value is -4.77. The number of hydrogen-bond donors (Lipinski definition) is 3. The van der Waals surface area contributed by atoms with Gasteiger partial charge in [0.25, 0.3) is 0 Å². The van der Waals surface area contributed by atoms with Crippen LogP contribution in [0.2, 0.25) is 0 Å². The van der Waals surface area contributed by atoms with Crippen LogP contribution in [0.3, 0.4) is 0 Å². The number of fused-ring (bicyclic) bond motifs is 3. The zero-order valence-electron chi connectivity index (χ0n) is 34.3. The first-order chi connectivity index (χ1) is 26.6. The smallest absolute Gasteiger partial charge is 0.209 e. The number of allylic oxidation sites excluding steroid dienone is 7. The summed E-state index contributed by atoms with van der Waals surface area (Å²) in [4.78, 5) is 6.00. The number of hydrogen-bond acceptors (Lipinski definition) is 3. The van der Waals surface area contributed by atoms with Gasteiger partial charge < -0.3 is 20.3 Å². The van der Waals surface area contributed by atoms with E-state index in [1.165, 1.54) is 94.8 Å². The number of benzene rings is 3. The number of phenolic OH excluding ortho intramolecular Hbond substituents is 1. The van der Waals surface area contributed by atoms with E-state index in [1.54, 1.807) is 6.07 Å². The van der Waals surface area contributed by atoms with Gasteiger partial charge in [0.2, 0.25) is 5.69 Å². The largest absolute Gasteiger partial charge is 0.508 e. The minimum absolute atomic E-state index is 0.0730. The molecule has 288 valence electrons. The quantitative estimate of drug-likeness (QED) is 0.0842. The lowest BCUT2D eigenvalue weighted by molar-refractivity contribution is -0.438. The van der Waals surface area contributed by atoms with Gasteiger partial charge in [0.05, 0.1) is 5.41 Å². The summed E-state index contributed by atoms with van der Waals surface area (Å²) in [6, 6.07) is 23.6. The monoisotopic (exact) mass is 735 g/mol. The number of aromatic nitrogens is 1. The van der Waals surface area contributed by atoms with Crippen molar-refractivity contribution in [1.82, 2.24) is 10.3 Å². The molecule has 0 fully saturated rings. The van der Waals surface area contributed by atoms with E-state index in [1.807, 2.05) is 12.1 Å². The average Bonchev–Trinajstić information content (AvgIpc) is 3.75. The van der Waals surface area contributed by atoms with E-state index >= 15 is 0 Å². The van der Waals surface area contributed by atoms with Crippen LogP contribution in [-0.2, 0) is 17.3 Å². The Kier molecular flexibility index (Phi) is 11.6. The maximum absolute atomic E-state index is 10.2. The third-order valence-corrected chi connectivity index (χ3v) is 12.4. The molecule has 0 atom stereocenters. The van der Waals surface area contributed by atoms with Crippen LogP contribution in [0.15, 0.2) is 120 Å². The van der Waals surface area contributed by atoms with Crippen molar-refractivity contribution in [3.8, 4) is 5.75 Å². The molecule has 5 heteroatoms. The molecule has 3 aromatic carbocycles. The van der Waals surface area contributed by atoms with Gasteiger partial charge in [-0.3, -0.25) is 0 Å². The lowest BCUT2D eigenvalue weighted by Crippen LogP contribution is -2.28. The highest BCUT2D eigenvalue weighted by atomic mass is 16.3. The second-order valence-electron chi connectivity index (χ2n) is 16.9. The maximum Gasteiger partial charge on any atom is 0.209 e. The second kappa shape index (κ2) is 16.5. The molecule has 1 aromatic heterocycles. The van der Waals surface area contributed by atoms with E-state index < -0.39 is 0 Å². The normalized spacial score (nSPS) is 19.1. The van der Waals surface area contributed by atoms with E-state index in [2.05, 4.69) is 140 Å². The molecule has 2 aliphatic heterocycles. The SMILES string of the molecule is CCCCCN1/C(=C/C=C2\CCCC(/C=C/C3=[N+](CCCCC)c4ccccc4C3(C)C)=C2NCCc2c[nH]c3ccc(O)cc23)C(C)(C)c2ccccc21. The van der Waals surface area contributed by atoms with Crippen LogP contribution >= 0.6 is 0 Å². The molecular weight excluding hydrogens is 673 g/mol. The Balaban J connectivity index is 1.27. The third kappa shape index (κ3) is 7.72. The molecule has 0 spiro atoms.